The standard InChI is InChI=1S/C17H26N2OS.ClH/c1-2-10-19(13-15-7-6-11-21-15)16(20)12-17(14-18)8-4-3-5-9-17;/h2,6-7,11H,1,3-5,8-10,12-14,18H2;1H. The first-order valence-corrected chi connectivity index (χ1v) is 8.68. The molecule has 1 aromatic heterocycles. The summed E-state index contributed by atoms with van der Waals surface area (Å²) in [6.45, 7) is 5.70. The maximum absolute atomic E-state index is 12.7. The van der Waals surface area contributed by atoms with Crippen LogP contribution >= 0.6 is 23.7 Å². The van der Waals surface area contributed by atoms with Crippen LogP contribution in [0.2, 0.25) is 0 Å². The van der Waals surface area contributed by atoms with Crippen LogP contribution in [0.3, 0.4) is 0 Å². The van der Waals surface area contributed by atoms with Crippen molar-refractivity contribution in [1.82, 2.24) is 4.90 Å². The first kappa shape index (κ1) is 19.2. The van der Waals surface area contributed by atoms with Crippen LogP contribution < -0.4 is 5.73 Å². The summed E-state index contributed by atoms with van der Waals surface area (Å²) in [7, 11) is 0. The molecule has 0 atom stereocenters. The van der Waals surface area contributed by atoms with Gasteiger partial charge in [0.15, 0.2) is 0 Å². The maximum Gasteiger partial charge on any atom is 0.223 e. The number of carbonyl (C=O) groups is 1. The minimum absolute atomic E-state index is 0. The second kappa shape index (κ2) is 9.33. The summed E-state index contributed by atoms with van der Waals surface area (Å²) >= 11 is 1.69. The zero-order chi connectivity index (χ0) is 15.1. The lowest BCUT2D eigenvalue weighted by molar-refractivity contribution is -0.134. The molecule has 2 N–H and O–H groups in total. The second-order valence-electron chi connectivity index (χ2n) is 6.08. The summed E-state index contributed by atoms with van der Waals surface area (Å²) in [5.41, 5.74) is 6.04. The largest absolute Gasteiger partial charge is 0.334 e. The number of nitrogens with two attached hydrogens (primary N) is 1. The molecule has 0 radical (unpaired) electrons. The van der Waals surface area contributed by atoms with E-state index in [2.05, 4.69) is 18.0 Å². The van der Waals surface area contributed by atoms with Gasteiger partial charge in [0.05, 0.1) is 6.54 Å². The van der Waals surface area contributed by atoms with Crippen molar-refractivity contribution >= 4 is 29.7 Å². The molecule has 1 aliphatic carbocycles. The highest BCUT2D eigenvalue weighted by Gasteiger charge is 2.34. The van der Waals surface area contributed by atoms with Crippen molar-refractivity contribution in [2.45, 2.75) is 45.1 Å². The molecule has 2 rings (SSSR count). The summed E-state index contributed by atoms with van der Waals surface area (Å²) in [5, 5.41) is 2.05. The van der Waals surface area contributed by atoms with Crippen molar-refractivity contribution in [3.63, 3.8) is 0 Å². The first-order chi connectivity index (χ1) is 10.2. The van der Waals surface area contributed by atoms with Gasteiger partial charge < -0.3 is 10.6 Å². The Balaban J connectivity index is 0.00000242. The number of halogens is 1. The van der Waals surface area contributed by atoms with E-state index < -0.39 is 0 Å². The lowest BCUT2D eigenvalue weighted by Crippen LogP contribution is -2.40. The fourth-order valence-electron chi connectivity index (χ4n) is 3.19. The minimum Gasteiger partial charge on any atom is -0.334 e. The Morgan fingerprint density at radius 2 is 2.14 bits per heavy atom. The van der Waals surface area contributed by atoms with Crippen LogP contribution in [-0.4, -0.2) is 23.9 Å². The number of thiophene rings is 1. The highest BCUT2D eigenvalue weighted by atomic mass is 35.5. The van der Waals surface area contributed by atoms with E-state index in [9.17, 15) is 4.79 Å². The van der Waals surface area contributed by atoms with Gasteiger partial charge in [0.25, 0.3) is 0 Å². The van der Waals surface area contributed by atoms with Crippen molar-refractivity contribution in [2.75, 3.05) is 13.1 Å². The van der Waals surface area contributed by atoms with Gasteiger partial charge in [0, 0.05) is 17.8 Å². The molecule has 3 nitrogen and oxygen atoms in total. The van der Waals surface area contributed by atoms with Crippen molar-refractivity contribution in [3.05, 3.63) is 35.0 Å². The highest BCUT2D eigenvalue weighted by Crippen LogP contribution is 2.38. The van der Waals surface area contributed by atoms with E-state index in [1.54, 1.807) is 11.3 Å². The Kier molecular flexibility index (Phi) is 8.15. The normalized spacial score (nSPS) is 16.6. The van der Waals surface area contributed by atoms with Gasteiger partial charge in [0.2, 0.25) is 5.91 Å². The molecule has 1 amide bonds. The molecule has 0 saturated heterocycles. The van der Waals surface area contributed by atoms with Crippen LogP contribution in [0.1, 0.15) is 43.4 Å². The number of rotatable bonds is 7. The second-order valence-corrected chi connectivity index (χ2v) is 7.12. The number of nitrogens with zero attached hydrogens (tertiary/aromatic N) is 1. The third-order valence-electron chi connectivity index (χ3n) is 4.50. The smallest absolute Gasteiger partial charge is 0.223 e. The van der Waals surface area contributed by atoms with Crippen LogP contribution in [0.25, 0.3) is 0 Å². The van der Waals surface area contributed by atoms with Gasteiger partial charge in [-0.15, -0.1) is 30.3 Å². The van der Waals surface area contributed by atoms with Gasteiger partial charge in [-0.2, -0.15) is 0 Å². The molecule has 5 heteroatoms. The van der Waals surface area contributed by atoms with Crippen molar-refractivity contribution in [1.29, 1.82) is 0 Å². The molecule has 1 fully saturated rings. The van der Waals surface area contributed by atoms with Crippen LogP contribution in [0.15, 0.2) is 30.2 Å². The number of carbonyl (C=O) groups excluding carboxylic acids is 1. The maximum atomic E-state index is 12.7. The Bertz CT molecular complexity index is 455. The van der Waals surface area contributed by atoms with E-state index >= 15 is 0 Å². The number of hydrogen-bond donors (Lipinski definition) is 1. The van der Waals surface area contributed by atoms with Gasteiger partial charge in [-0.25, -0.2) is 0 Å². The van der Waals surface area contributed by atoms with Crippen molar-refractivity contribution < 1.29 is 4.79 Å². The lowest BCUT2D eigenvalue weighted by atomic mass is 9.71. The summed E-state index contributed by atoms with van der Waals surface area (Å²) in [5.74, 6) is 0.218. The predicted octanol–water partition coefficient (Wildman–Crippen LogP) is 3.98. The third-order valence-corrected chi connectivity index (χ3v) is 5.36. The van der Waals surface area contributed by atoms with Crippen molar-refractivity contribution in [3.8, 4) is 0 Å². The molecule has 1 saturated carbocycles. The molecular weight excluding hydrogens is 316 g/mol. The Labute approximate surface area is 144 Å². The van der Waals surface area contributed by atoms with E-state index in [0.717, 1.165) is 12.8 Å². The Hall–Kier alpha value is -0.840. The van der Waals surface area contributed by atoms with Crippen LogP contribution in [0.5, 0.6) is 0 Å². The van der Waals surface area contributed by atoms with Gasteiger partial charge in [-0.3, -0.25) is 4.79 Å². The lowest BCUT2D eigenvalue weighted by Gasteiger charge is -2.37. The zero-order valence-electron chi connectivity index (χ0n) is 13.1. The number of hydrogen-bond acceptors (Lipinski definition) is 3. The molecule has 0 bridgehead atoms. The molecule has 1 aromatic rings. The number of amides is 1. The molecule has 0 unspecified atom stereocenters. The molecule has 22 heavy (non-hydrogen) atoms. The molecular formula is C17H27ClN2OS. The highest BCUT2D eigenvalue weighted by molar-refractivity contribution is 7.09. The van der Waals surface area contributed by atoms with E-state index in [1.165, 1.54) is 24.1 Å². The summed E-state index contributed by atoms with van der Waals surface area (Å²) in [6, 6.07) is 4.10. The molecule has 0 spiro atoms. The Morgan fingerprint density at radius 3 is 2.68 bits per heavy atom. The molecule has 0 aromatic carbocycles. The Morgan fingerprint density at radius 1 is 1.41 bits per heavy atom. The fraction of sp³-hybridized carbons (Fsp3) is 0.588. The quantitative estimate of drug-likeness (QED) is 0.762. The van der Waals surface area contributed by atoms with Gasteiger partial charge >= 0.3 is 0 Å². The van der Waals surface area contributed by atoms with Crippen LogP contribution in [0.4, 0.5) is 0 Å². The van der Waals surface area contributed by atoms with E-state index in [1.807, 2.05) is 17.0 Å². The van der Waals surface area contributed by atoms with E-state index in [-0.39, 0.29) is 23.7 Å². The topological polar surface area (TPSA) is 46.3 Å². The van der Waals surface area contributed by atoms with Gasteiger partial charge in [0.1, 0.15) is 0 Å². The molecule has 0 aliphatic heterocycles. The first-order valence-electron chi connectivity index (χ1n) is 7.80. The third kappa shape index (κ3) is 5.11. The summed E-state index contributed by atoms with van der Waals surface area (Å²) < 4.78 is 0. The molecule has 124 valence electrons. The van der Waals surface area contributed by atoms with Gasteiger partial charge in [-0.1, -0.05) is 31.4 Å². The summed E-state index contributed by atoms with van der Waals surface area (Å²) in [6.07, 6.45) is 8.27. The fourth-order valence-corrected chi connectivity index (χ4v) is 3.91. The average Bonchev–Trinajstić information content (AvgIpc) is 3.01. The molecule has 1 heterocycles. The SMILES string of the molecule is C=CCN(Cc1cccs1)C(=O)CC1(CN)CCCCC1.Cl. The van der Waals surface area contributed by atoms with Crippen LogP contribution in [0, 0.1) is 5.41 Å². The average molecular weight is 343 g/mol. The predicted molar refractivity (Wildman–Crippen MR) is 96.4 cm³/mol. The van der Waals surface area contributed by atoms with E-state index in [4.69, 9.17) is 5.73 Å². The monoisotopic (exact) mass is 342 g/mol. The van der Waals surface area contributed by atoms with Crippen LogP contribution in [-0.2, 0) is 11.3 Å². The summed E-state index contributed by atoms with van der Waals surface area (Å²) in [4.78, 5) is 15.8. The molecule has 1 aliphatic rings. The van der Waals surface area contributed by atoms with Crippen molar-refractivity contribution in [2.24, 2.45) is 11.1 Å². The zero-order valence-corrected chi connectivity index (χ0v) is 14.8. The van der Waals surface area contributed by atoms with Gasteiger partial charge in [-0.05, 0) is 36.2 Å². The minimum atomic E-state index is 0. The van der Waals surface area contributed by atoms with E-state index in [0.29, 0.717) is 26.1 Å².